The molecule has 1 amide bonds. The highest BCUT2D eigenvalue weighted by molar-refractivity contribution is 6.00. The molecule has 2 fully saturated rings. The van der Waals surface area contributed by atoms with Gasteiger partial charge in [0.15, 0.2) is 5.78 Å². The minimum atomic E-state index is -0.245. The molecule has 1 aromatic rings. The Balaban J connectivity index is 1.49. The van der Waals surface area contributed by atoms with Crippen molar-refractivity contribution in [3.8, 4) is 0 Å². The fourth-order valence-corrected chi connectivity index (χ4v) is 5.66. The number of benzene rings is 1. The van der Waals surface area contributed by atoms with Crippen LogP contribution >= 0.6 is 0 Å². The summed E-state index contributed by atoms with van der Waals surface area (Å²) in [5.74, 6) is 0.453. The summed E-state index contributed by atoms with van der Waals surface area (Å²) in [6, 6.07) is 9.77. The summed E-state index contributed by atoms with van der Waals surface area (Å²) in [5.41, 5.74) is 5.98. The van der Waals surface area contributed by atoms with Crippen LogP contribution in [0.2, 0.25) is 0 Å². The SMILES string of the molecule is C=CC(=C)C1CCC2=C3[C](CCN(C(=O)/C(=C/C(=C)C(C)=O)N=C)[C@H]3C1)[N+](c1ccc(C3CC3)cc1)=N2. The Morgan fingerprint density at radius 2 is 1.86 bits per heavy atom. The molecule has 5 rings (SSSR count). The standard InChI is InChI=1S/C31H34N4O2/c1-6-19(2)24-11-14-26-30-28(35(33-26)25-12-9-23(10-13-25)22-7-8-22)15-16-34(29(30)18-24)31(37)27(32-5)17-20(3)21(4)36/h6,9-10,12-13,17,22,24,29H,1-3,5,7-8,11,14-16,18H2,4H3/q+1/b27-17-/t24?,29-/m0/s1. The number of carbonyl (C=O) groups excluding carboxylic acids is 2. The van der Waals surface area contributed by atoms with Crippen LogP contribution < -0.4 is 0 Å². The summed E-state index contributed by atoms with van der Waals surface area (Å²) in [6.07, 6.45) is 8.94. The van der Waals surface area contributed by atoms with Crippen LogP contribution in [0.4, 0.5) is 5.69 Å². The molecule has 37 heavy (non-hydrogen) atoms. The van der Waals surface area contributed by atoms with Crippen molar-refractivity contribution in [3.05, 3.63) is 95.9 Å². The Kier molecular flexibility index (Phi) is 6.76. The zero-order chi connectivity index (χ0) is 26.3. The molecule has 189 valence electrons. The number of ketones is 1. The normalized spacial score (nSPS) is 23.6. The third kappa shape index (κ3) is 4.73. The molecule has 6 nitrogen and oxygen atoms in total. The maximum atomic E-state index is 13.7. The van der Waals surface area contributed by atoms with Crippen molar-refractivity contribution < 1.29 is 14.3 Å². The Bertz CT molecular complexity index is 1290. The van der Waals surface area contributed by atoms with Gasteiger partial charge in [-0.3, -0.25) is 14.6 Å². The molecule has 2 heterocycles. The number of allylic oxidation sites excluding steroid dienone is 5. The molecule has 2 aliphatic heterocycles. The molecule has 1 radical (unpaired) electrons. The molecule has 2 atom stereocenters. The van der Waals surface area contributed by atoms with E-state index in [2.05, 4.69) is 60.4 Å². The van der Waals surface area contributed by atoms with Crippen molar-refractivity contribution in [2.24, 2.45) is 16.0 Å². The topological polar surface area (TPSA) is 65.1 Å². The van der Waals surface area contributed by atoms with Gasteiger partial charge in [0.1, 0.15) is 11.4 Å². The van der Waals surface area contributed by atoms with Crippen LogP contribution in [0.5, 0.6) is 0 Å². The third-order valence-corrected chi connectivity index (χ3v) is 8.02. The van der Waals surface area contributed by atoms with Crippen molar-refractivity contribution in [2.75, 3.05) is 6.54 Å². The number of azo groups is 2. The average Bonchev–Trinajstić information content (AvgIpc) is 3.72. The quantitative estimate of drug-likeness (QED) is 0.183. The van der Waals surface area contributed by atoms with Gasteiger partial charge in [0.05, 0.1) is 11.6 Å². The van der Waals surface area contributed by atoms with E-state index >= 15 is 0 Å². The number of piperidine rings is 1. The van der Waals surface area contributed by atoms with Crippen molar-refractivity contribution in [2.45, 2.75) is 57.4 Å². The summed E-state index contributed by atoms with van der Waals surface area (Å²) >= 11 is 0. The van der Waals surface area contributed by atoms with Crippen LogP contribution in [0.3, 0.4) is 0 Å². The number of likely N-dealkylation sites (tertiary alicyclic amines) is 1. The molecular formula is C31H34N4O2+. The first kappa shape index (κ1) is 25.0. The second kappa shape index (κ2) is 10.0. The van der Waals surface area contributed by atoms with Gasteiger partial charge < -0.3 is 4.90 Å². The lowest BCUT2D eigenvalue weighted by atomic mass is 9.83. The van der Waals surface area contributed by atoms with Crippen LogP contribution in [0, 0.1) is 12.0 Å². The predicted molar refractivity (Wildman–Crippen MR) is 145 cm³/mol. The number of Topliss-reactive ketones (excluding diaryl/α,β-unsaturated/α-hetero) is 1. The number of amides is 1. The molecule has 0 aromatic heterocycles. The van der Waals surface area contributed by atoms with E-state index < -0.39 is 0 Å². The molecule has 0 spiro atoms. The fourth-order valence-electron chi connectivity index (χ4n) is 5.66. The molecule has 1 saturated heterocycles. The molecule has 2 aliphatic carbocycles. The van der Waals surface area contributed by atoms with Gasteiger partial charge in [-0.2, -0.15) is 0 Å². The highest BCUT2D eigenvalue weighted by Gasteiger charge is 2.52. The van der Waals surface area contributed by atoms with Crippen molar-refractivity contribution in [1.82, 2.24) is 4.90 Å². The maximum absolute atomic E-state index is 13.7. The highest BCUT2D eigenvalue weighted by atomic mass is 16.2. The Morgan fingerprint density at radius 3 is 2.49 bits per heavy atom. The first-order chi connectivity index (χ1) is 17.8. The smallest absolute Gasteiger partial charge is 0.291 e. The predicted octanol–water partition coefficient (Wildman–Crippen LogP) is 6.33. The third-order valence-electron chi connectivity index (χ3n) is 8.02. The Labute approximate surface area is 219 Å². The van der Waals surface area contributed by atoms with E-state index in [-0.39, 0.29) is 34.9 Å². The largest absolute Gasteiger partial charge is 0.330 e. The molecule has 1 aromatic carbocycles. The molecular weight excluding hydrogens is 460 g/mol. The lowest BCUT2D eigenvalue weighted by molar-refractivity contribution is -0.487. The fraction of sp³-hybridized carbons (Fsp3) is 0.355. The number of hydrogen-bond acceptors (Lipinski definition) is 4. The zero-order valence-corrected chi connectivity index (χ0v) is 21.6. The van der Waals surface area contributed by atoms with Crippen LogP contribution in [0.25, 0.3) is 0 Å². The van der Waals surface area contributed by atoms with Gasteiger partial charge in [0, 0.05) is 30.7 Å². The molecule has 6 heteroatoms. The van der Waals surface area contributed by atoms with Gasteiger partial charge in [-0.25, -0.2) is 0 Å². The summed E-state index contributed by atoms with van der Waals surface area (Å²) < 4.78 is 2.08. The summed E-state index contributed by atoms with van der Waals surface area (Å²) in [4.78, 5) is 31.4. The second-order valence-corrected chi connectivity index (χ2v) is 10.4. The van der Waals surface area contributed by atoms with E-state index in [1.54, 1.807) is 0 Å². The minimum absolute atomic E-state index is 0.136. The van der Waals surface area contributed by atoms with Crippen LogP contribution in [-0.4, -0.2) is 40.6 Å². The van der Waals surface area contributed by atoms with E-state index in [1.165, 1.54) is 37.4 Å². The van der Waals surface area contributed by atoms with Crippen molar-refractivity contribution in [3.63, 3.8) is 0 Å². The van der Waals surface area contributed by atoms with Gasteiger partial charge in [-0.05, 0) is 74.3 Å². The number of rotatable bonds is 8. The van der Waals surface area contributed by atoms with Crippen LogP contribution in [-0.2, 0) is 9.59 Å². The van der Waals surface area contributed by atoms with E-state index in [1.807, 2.05) is 11.0 Å². The lowest BCUT2D eigenvalue weighted by Crippen LogP contribution is -2.49. The van der Waals surface area contributed by atoms with Gasteiger partial charge in [-0.15, -0.1) is 0 Å². The molecule has 1 unspecified atom stereocenters. The highest BCUT2D eigenvalue weighted by Crippen LogP contribution is 2.48. The monoisotopic (exact) mass is 494 g/mol. The molecule has 1 saturated carbocycles. The number of hydrogen-bond donors (Lipinski definition) is 0. The van der Waals surface area contributed by atoms with Crippen LogP contribution in [0.1, 0.15) is 56.9 Å². The summed E-state index contributed by atoms with van der Waals surface area (Å²) in [5, 5.41) is 5.10. The van der Waals surface area contributed by atoms with Gasteiger partial charge in [0.25, 0.3) is 11.9 Å². The zero-order valence-electron chi connectivity index (χ0n) is 21.6. The molecule has 0 N–H and O–H groups in total. The Morgan fingerprint density at radius 1 is 1.14 bits per heavy atom. The van der Waals surface area contributed by atoms with Gasteiger partial charge >= 0.3 is 0 Å². The van der Waals surface area contributed by atoms with Crippen molar-refractivity contribution in [1.29, 1.82) is 0 Å². The van der Waals surface area contributed by atoms with Gasteiger partial charge in [-0.1, -0.05) is 48.2 Å². The van der Waals surface area contributed by atoms with Gasteiger partial charge in [0.2, 0.25) is 5.69 Å². The minimum Gasteiger partial charge on any atom is -0.330 e. The number of nitrogens with zero attached hydrogens (tertiary/aromatic N) is 4. The second-order valence-electron chi connectivity index (χ2n) is 10.4. The number of aliphatic imine (C=N–C) groups is 1. The summed E-state index contributed by atoms with van der Waals surface area (Å²) in [7, 11) is 0. The van der Waals surface area contributed by atoms with Crippen molar-refractivity contribution >= 4 is 24.1 Å². The average molecular weight is 495 g/mol. The molecule has 0 bridgehead atoms. The summed E-state index contributed by atoms with van der Waals surface area (Å²) in [6.45, 7) is 17.5. The number of carbonyl (C=O) groups is 2. The van der Waals surface area contributed by atoms with E-state index in [4.69, 9.17) is 5.11 Å². The van der Waals surface area contributed by atoms with Crippen LogP contribution in [0.15, 0.2) is 94.4 Å². The van der Waals surface area contributed by atoms with E-state index in [0.717, 1.165) is 41.8 Å². The van der Waals surface area contributed by atoms with E-state index in [0.29, 0.717) is 18.9 Å². The lowest BCUT2D eigenvalue weighted by Gasteiger charge is -2.38. The maximum Gasteiger partial charge on any atom is 0.291 e. The Hall–Kier alpha value is -3.67. The van der Waals surface area contributed by atoms with E-state index in [9.17, 15) is 9.59 Å². The first-order valence-electron chi connectivity index (χ1n) is 13.0. The first-order valence-corrected chi connectivity index (χ1v) is 13.0. The molecule has 4 aliphatic rings.